The number of hydrogen-bond acceptors (Lipinski definition) is 6. The van der Waals surface area contributed by atoms with E-state index in [1.165, 1.54) is 20.5 Å². The highest BCUT2D eigenvalue weighted by atomic mass is 16.5. The lowest BCUT2D eigenvalue weighted by atomic mass is 10.1. The van der Waals surface area contributed by atoms with Gasteiger partial charge in [-0.3, -0.25) is 9.67 Å². The number of benzene rings is 1. The first-order chi connectivity index (χ1) is 12.1. The van der Waals surface area contributed by atoms with E-state index in [2.05, 4.69) is 25.7 Å². The molecule has 0 aliphatic heterocycles. The molecule has 2 aromatic rings. The van der Waals surface area contributed by atoms with Crippen LogP contribution in [0.4, 0.5) is 0 Å². The van der Waals surface area contributed by atoms with Gasteiger partial charge in [-0.2, -0.15) is 5.10 Å². The Kier molecular flexibility index (Phi) is 6.33. The van der Waals surface area contributed by atoms with Crippen LogP contribution in [0.5, 0.6) is 5.75 Å². The number of guanidine groups is 1. The Balaban J connectivity index is 1.99. The van der Waals surface area contributed by atoms with Gasteiger partial charge in [0.15, 0.2) is 5.96 Å². The van der Waals surface area contributed by atoms with Gasteiger partial charge in [0.2, 0.25) is 0 Å². The van der Waals surface area contributed by atoms with E-state index in [-0.39, 0.29) is 0 Å². The van der Waals surface area contributed by atoms with E-state index in [9.17, 15) is 4.79 Å². The quantitative estimate of drug-likeness (QED) is 0.445. The normalized spacial score (nSPS) is 11.1. The maximum Gasteiger partial charge on any atom is 0.341 e. The van der Waals surface area contributed by atoms with Gasteiger partial charge >= 0.3 is 5.97 Å². The van der Waals surface area contributed by atoms with Crippen LogP contribution in [0.15, 0.2) is 29.5 Å². The highest BCUT2D eigenvalue weighted by Gasteiger charge is 2.13. The molecule has 0 bridgehead atoms. The van der Waals surface area contributed by atoms with E-state index in [0.717, 1.165) is 11.4 Å². The van der Waals surface area contributed by atoms with E-state index in [1.807, 2.05) is 13.1 Å². The molecule has 25 heavy (non-hydrogen) atoms. The molecule has 0 saturated heterocycles. The first kappa shape index (κ1) is 18.2. The minimum Gasteiger partial charge on any atom is -0.496 e. The number of carbonyl (C=O) groups excluding carboxylic acids is 1. The fourth-order valence-corrected chi connectivity index (χ4v) is 2.18. The second-order valence-corrected chi connectivity index (χ2v) is 5.11. The molecule has 2 N–H and O–H groups in total. The highest BCUT2D eigenvalue weighted by Crippen LogP contribution is 2.20. The van der Waals surface area contributed by atoms with Gasteiger partial charge in [0.1, 0.15) is 23.5 Å². The molecule has 2 rings (SSSR count). The molecule has 9 heteroatoms. The van der Waals surface area contributed by atoms with Crippen molar-refractivity contribution in [1.29, 1.82) is 0 Å². The number of carbonyl (C=O) groups is 1. The Bertz CT molecular complexity index is 756. The number of methoxy groups -OCH3 is 2. The maximum atomic E-state index is 11.8. The molecule has 0 spiro atoms. The van der Waals surface area contributed by atoms with Crippen molar-refractivity contribution in [3.05, 3.63) is 41.5 Å². The number of aromatic nitrogens is 3. The Morgan fingerprint density at radius 3 is 2.64 bits per heavy atom. The Hall–Kier alpha value is -3.10. The number of nitrogens with one attached hydrogen (secondary N) is 2. The summed E-state index contributed by atoms with van der Waals surface area (Å²) in [6.07, 6.45) is 1.50. The van der Waals surface area contributed by atoms with Crippen LogP contribution < -0.4 is 15.4 Å². The number of nitrogens with zero attached hydrogens (tertiary/aromatic N) is 4. The molecule has 1 heterocycles. The van der Waals surface area contributed by atoms with Gasteiger partial charge in [0, 0.05) is 20.6 Å². The number of rotatable bonds is 6. The standard InChI is InChI=1S/C16H22N6O3/c1-17-16(19-9-14-20-10-21-22(14)2)18-8-11-5-6-13(24-3)12(7-11)15(23)25-4/h5-7,10H,8-9H2,1-4H3,(H2,17,18,19). The second-order valence-electron chi connectivity index (χ2n) is 5.11. The van der Waals surface area contributed by atoms with E-state index in [0.29, 0.717) is 30.4 Å². The van der Waals surface area contributed by atoms with Crippen molar-refractivity contribution in [2.24, 2.45) is 12.0 Å². The van der Waals surface area contributed by atoms with Crippen LogP contribution in [0.25, 0.3) is 0 Å². The van der Waals surface area contributed by atoms with Crippen molar-refractivity contribution in [3.8, 4) is 5.75 Å². The van der Waals surface area contributed by atoms with Crippen LogP contribution in [-0.4, -0.2) is 48.0 Å². The van der Waals surface area contributed by atoms with Crippen LogP contribution in [0.3, 0.4) is 0 Å². The average Bonchev–Trinajstić information content (AvgIpc) is 3.05. The second kappa shape index (κ2) is 8.67. The number of ether oxygens (including phenoxy) is 2. The summed E-state index contributed by atoms with van der Waals surface area (Å²) >= 11 is 0. The Labute approximate surface area is 146 Å². The zero-order valence-electron chi connectivity index (χ0n) is 14.7. The summed E-state index contributed by atoms with van der Waals surface area (Å²) in [5.74, 6) is 1.43. The molecule has 9 nitrogen and oxygen atoms in total. The van der Waals surface area contributed by atoms with Crippen LogP contribution in [-0.2, 0) is 24.9 Å². The molecule has 0 aliphatic carbocycles. The number of esters is 1. The fourth-order valence-electron chi connectivity index (χ4n) is 2.18. The molecule has 0 unspecified atom stereocenters. The maximum absolute atomic E-state index is 11.8. The third-order valence-electron chi connectivity index (χ3n) is 3.57. The van der Waals surface area contributed by atoms with E-state index in [4.69, 9.17) is 9.47 Å². The lowest BCUT2D eigenvalue weighted by Crippen LogP contribution is -2.37. The molecule has 0 fully saturated rings. The number of hydrogen-bond donors (Lipinski definition) is 2. The molecule has 0 saturated carbocycles. The van der Waals surface area contributed by atoms with Crippen LogP contribution in [0.1, 0.15) is 21.7 Å². The van der Waals surface area contributed by atoms with E-state index in [1.54, 1.807) is 23.9 Å². The van der Waals surface area contributed by atoms with Crippen LogP contribution in [0.2, 0.25) is 0 Å². The van der Waals surface area contributed by atoms with Gasteiger partial charge in [-0.15, -0.1) is 0 Å². The first-order valence-corrected chi connectivity index (χ1v) is 7.61. The molecule has 0 atom stereocenters. The molecule has 0 aliphatic rings. The van der Waals surface area contributed by atoms with E-state index < -0.39 is 5.97 Å². The molecule has 134 valence electrons. The highest BCUT2D eigenvalue weighted by molar-refractivity contribution is 5.92. The largest absolute Gasteiger partial charge is 0.496 e. The molecule has 0 amide bonds. The summed E-state index contributed by atoms with van der Waals surface area (Å²) in [4.78, 5) is 20.1. The summed E-state index contributed by atoms with van der Waals surface area (Å²) in [6, 6.07) is 5.33. The van der Waals surface area contributed by atoms with Gasteiger partial charge in [-0.05, 0) is 17.7 Å². The fraction of sp³-hybridized carbons (Fsp3) is 0.375. The number of aliphatic imine (C=N–C) groups is 1. The molecular weight excluding hydrogens is 324 g/mol. The zero-order valence-corrected chi connectivity index (χ0v) is 14.7. The van der Waals surface area contributed by atoms with Crippen molar-refractivity contribution in [1.82, 2.24) is 25.4 Å². The topological polar surface area (TPSA) is 103 Å². The minimum absolute atomic E-state index is 0.381. The predicted molar refractivity (Wildman–Crippen MR) is 92.4 cm³/mol. The molecule has 0 radical (unpaired) electrons. The van der Waals surface area contributed by atoms with Crippen molar-refractivity contribution in [3.63, 3.8) is 0 Å². The number of aryl methyl sites for hydroxylation is 1. The van der Waals surface area contributed by atoms with Gasteiger partial charge < -0.3 is 20.1 Å². The molecule has 1 aromatic heterocycles. The zero-order chi connectivity index (χ0) is 18.2. The van der Waals surface area contributed by atoms with Gasteiger partial charge in [0.25, 0.3) is 0 Å². The van der Waals surface area contributed by atoms with Crippen molar-refractivity contribution < 1.29 is 14.3 Å². The SMILES string of the molecule is CN=C(NCc1ccc(OC)c(C(=O)OC)c1)NCc1ncnn1C. The third-order valence-corrected chi connectivity index (χ3v) is 3.57. The predicted octanol–water partition coefficient (Wildman–Crippen LogP) is 0.476. The summed E-state index contributed by atoms with van der Waals surface area (Å²) in [6.45, 7) is 0.971. The van der Waals surface area contributed by atoms with Gasteiger partial charge in [-0.25, -0.2) is 9.78 Å². The van der Waals surface area contributed by atoms with Crippen molar-refractivity contribution in [2.45, 2.75) is 13.1 Å². The smallest absolute Gasteiger partial charge is 0.341 e. The Morgan fingerprint density at radius 1 is 1.28 bits per heavy atom. The lowest BCUT2D eigenvalue weighted by molar-refractivity contribution is 0.0597. The molecule has 1 aromatic carbocycles. The minimum atomic E-state index is -0.441. The summed E-state index contributed by atoms with van der Waals surface area (Å²) in [5.41, 5.74) is 1.27. The van der Waals surface area contributed by atoms with E-state index >= 15 is 0 Å². The van der Waals surface area contributed by atoms with Crippen LogP contribution >= 0.6 is 0 Å². The average molecular weight is 346 g/mol. The third kappa shape index (κ3) is 4.69. The first-order valence-electron chi connectivity index (χ1n) is 7.61. The monoisotopic (exact) mass is 346 g/mol. The summed E-state index contributed by atoms with van der Waals surface area (Å²) in [7, 11) is 6.36. The van der Waals surface area contributed by atoms with Crippen molar-refractivity contribution >= 4 is 11.9 Å². The van der Waals surface area contributed by atoms with Crippen LogP contribution in [0, 0.1) is 0 Å². The lowest BCUT2D eigenvalue weighted by Gasteiger charge is -2.13. The Morgan fingerprint density at radius 2 is 2.04 bits per heavy atom. The van der Waals surface area contributed by atoms with Crippen molar-refractivity contribution in [2.75, 3.05) is 21.3 Å². The molecular formula is C16H22N6O3. The van der Waals surface area contributed by atoms with Gasteiger partial charge in [0.05, 0.1) is 20.8 Å². The summed E-state index contributed by atoms with van der Waals surface area (Å²) in [5, 5.41) is 10.3. The summed E-state index contributed by atoms with van der Waals surface area (Å²) < 4.78 is 11.7. The van der Waals surface area contributed by atoms with Gasteiger partial charge in [-0.1, -0.05) is 6.07 Å².